The number of aromatic amines is 1. The lowest BCUT2D eigenvalue weighted by atomic mass is 9.95. The second-order valence-corrected chi connectivity index (χ2v) is 9.30. The first-order valence-electron chi connectivity index (χ1n) is 12.2. The van der Waals surface area contributed by atoms with Gasteiger partial charge in [0, 0.05) is 51.9 Å². The van der Waals surface area contributed by atoms with E-state index in [0.29, 0.717) is 16.9 Å². The Labute approximate surface area is 203 Å². The standard InChI is InChI=1S/C28H28N4O3/c1-35-18-9-10-24-20(15-18)22(17-32(24)14-6-13-31-11-4-5-12-31)26-25(27(33)30-28(26)34)21-16-29-23-8-3-2-7-19(21)23/h2-3,7-10,15-17,29H,4-6,11-14H2,1H3,(H,30,33,34). The smallest absolute Gasteiger partial charge is 0.259 e. The Morgan fingerprint density at radius 3 is 2.49 bits per heavy atom. The molecule has 7 nitrogen and oxygen atoms in total. The van der Waals surface area contributed by atoms with Gasteiger partial charge in [0.1, 0.15) is 5.75 Å². The number of hydrogen-bond acceptors (Lipinski definition) is 4. The largest absolute Gasteiger partial charge is 0.497 e. The van der Waals surface area contributed by atoms with E-state index in [-0.39, 0.29) is 11.8 Å². The molecular formula is C28H28N4O3. The van der Waals surface area contributed by atoms with Gasteiger partial charge >= 0.3 is 0 Å². The first kappa shape index (κ1) is 21.7. The number of fused-ring (bicyclic) bond motifs is 2. The van der Waals surface area contributed by atoms with E-state index in [9.17, 15) is 9.59 Å². The van der Waals surface area contributed by atoms with Crippen LogP contribution in [0.1, 0.15) is 30.4 Å². The van der Waals surface area contributed by atoms with Gasteiger partial charge in [-0.2, -0.15) is 0 Å². The molecule has 2 aromatic heterocycles. The zero-order valence-electron chi connectivity index (χ0n) is 19.8. The highest BCUT2D eigenvalue weighted by Gasteiger charge is 2.35. The maximum atomic E-state index is 13.2. The fourth-order valence-corrected chi connectivity index (χ4v) is 5.51. The lowest BCUT2D eigenvalue weighted by molar-refractivity contribution is -0.122. The number of likely N-dealkylation sites (tertiary alicyclic amines) is 1. The highest BCUT2D eigenvalue weighted by molar-refractivity contribution is 6.50. The van der Waals surface area contributed by atoms with Crippen molar-refractivity contribution in [1.29, 1.82) is 0 Å². The van der Waals surface area contributed by atoms with Gasteiger partial charge in [-0.15, -0.1) is 0 Å². The fraction of sp³-hybridized carbons (Fsp3) is 0.286. The summed E-state index contributed by atoms with van der Waals surface area (Å²) in [5.74, 6) is -0.0191. The first-order chi connectivity index (χ1) is 17.1. The van der Waals surface area contributed by atoms with E-state index in [1.807, 2.05) is 54.9 Å². The number of para-hydroxylation sites is 1. The highest BCUT2D eigenvalue weighted by Crippen LogP contribution is 2.39. The van der Waals surface area contributed by atoms with Gasteiger partial charge in [0.25, 0.3) is 11.8 Å². The summed E-state index contributed by atoms with van der Waals surface area (Å²) in [6.45, 7) is 4.26. The van der Waals surface area contributed by atoms with Crippen molar-refractivity contribution < 1.29 is 14.3 Å². The molecule has 2 aliphatic heterocycles. The van der Waals surface area contributed by atoms with E-state index in [1.54, 1.807) is 7.11 Å². The quantitative estimate of drug-likeness (QED) is 0.399. The number of H-pyrrole nitrogens is 1. The van der Waals surface area contributed by atoms with Crippen LogP contribution in [0.5, 0.6) is 5.75 Å². The number of carbonyl (C=O) groups excluding carboxylic acids is 2. The molecule has 4 aromatic rings. The molecule has 0 unspecified atom stereocenters. The summed E-state index contributed by atoms with van der Waals surface area (Å²) < 4.78 is 7.70. The van der Waals surface area contributed by atoms with Crippen LogP contribution in [0.25, 0.3) is 33.0 Å². The van der Waals surface area contributed by atoms with E-state index >= 15 is 0 Å². The van der Waals surface area contributed by atoms with Crippen LogP contribution in [0.3, 0.4) is 0 Å². The SMILES string of the molecule is COc1ccc2c(c1)c(C1=C(c3c[nH]c4ccccc34)C(=O)NC1=O)cn2CCCN1CCCC1. The number of methoxy groups -OCH3 is 1. The average molecular weight is 469 g/mol. The molecule has 0 radical (unpaired) electrons. The van der Waals surface area contributed by atoms with Crippen LogP contribution in [0.2, 0.25) is 0 Å². The number of aryl methyl sites for hydroxylation is 1. The van der Waals surface area contributed by atoms with E-state index in [0.717, 1.165) is 52.4 Å². The zero-order valence-corrected chi connectivity index (χ0v) is 19.8. The number of nitrogens with one attached hydrogen (secondary N) is 2. The summed E-state index contributed by atoms with van der Waals surface area (Å²) in [5.41, 5.74) is 4.26. The number of carbonyl (C=O) groups is 2. The molecule has 0 aliphatic carbocycles. The number of benzene rings is 2. The van der Waals surface area contributed by atoms with E-state index in [2.05, 4.69) is 19.8 Å². The lowest BCUT2D eigenvalue weighted by Crippen LogP contribution is -2.22. The van der Waals surface area contributed by atoms with Gasteiger partial charge < -0.3 is 19.2 Å². The molecule has 2 amide bonds. The van der Waals surface area contributed by atoms with Gasteiger partial charge in [-0.05, 0) is 63.2 Å². The molecular weight excluding hydrogens is 440 g/mol. The summed E-state index contributed by atoms with van der Waals surface area (Å²) in [7, 11) is 1.64. The predicted molar refractivity (Wildman–Crippen MR) is 137 cm³/mol. The van der Waals surface area contributed by atoms with Crippen molar-refractivity contribution in [2.45, 2.75) is 25.8 Å². The van der Waals surface area contributed by atoms with Crippen LogP contribution in [0.4, 0.5) is 0 Å². The van der Waals surface area contributed by atoms with Gasteiger partial charge in [-0.3, -0.25) is 14.9 Å². The summed E-state index contributed by atoms with van der Waals surface area (Å²) in [6, 6.07) is 13.7. The van der Waals surface area contributed by atoms with Crippen LogP contribution in [0, 0.1) is 0 Å². The summed E-state index contributed by atoms with van der Waals surface area (Å²) in [4.78, 5) is 32.0. The molecule has 2 aromatic carbocycles. The maximum absolute atomic E-state index is 13.2. The number of ether oxygens (including phenoxy) is 1. The minimum atomic E-state index is -0.368. The molecule has 0 spiro atoms. The Balaban J connectivity index is 1.48. The molecule has 178 valence electrons. The molecule has 7 heteroatoms. The molecule has 0 atom stereocenters. The van der Waals surface area contributed by atoms with Crippen molar-refractivity contribution >= 4 is 44.8 Å². The fourth-order valence-electron chi connectivity index (χ4n) is 5.51. The summed E-state index contributed by atoms with van der Waals surface area (Å²) in [6.07, 6.45) is 7.42. The van der Waals surface area contributed by atoms with Crippen molar-refractivity contribution in [3.63, 3.8) is 0 Å². The van der Waals surface area contributed by atoms with Crippen molar-refractivity contribution in [2.75, 3.05) is 26.7 Å². The number of amides is 2. The minimum absolute atomic E-state index is 0.366. The number of hydrogen-bond donors (Lipinski definition) is 2. The van der Waals surface area contributed by atoms with E-state index < -0.39 is 0 Å². The second-order valence-electron chi connectivity index (χ2n) is 9.30. The molecule has 2 N–H and O–H groups in total. The monoisotopic (exact) mass is 468 g/mol. The number of aromatic nitrogens is 2. The van der Waals surface area contributed by atoms with Crippen LogP contribution in [-0.4, -0.2) is 53.0 Å². The normalized spacial score (nSPS) is 16.7. The molecule has 0 bridgehead atoms. The summed E-state index contributed by atoms with van der Waals surface area (Å²) in [5, 5.41) is 4.36. The van der Waals surface area contributed by atoms with Gasteiger partial charge in [-0.25, -0.2) is 0 Å². The Hall–Kier alpha value is -3.84. The number of nitrogens with zero attached hydrogens (tertiary/aromatic N) is 2. The average Bonchev–Trinajstić information content (AvgIpc) is 3.65. The van der Waals surface area contributed by atoms with E-state index in [1.165, 1.54) is 25.9 Å². The molecule has 2 aliphatic rings. The third-order valence-electron chi connectivity index (χ3n) is 7.22. The highest BCUT2D eigenvalue weighted by atomic mass is 16.5. The molecule has 4 heterocycles. The lowest BCUT2D eigenvalue weighted by Gasteiger charge is -2.14. The predicted octanol–water partition coefficient (Wildman–Crippen LogP) is 4.18. The number of imide groups is 1. The molecule has 35 heavy (non-hydrogen) atoms. The topological polar surface area (TPSA) is 79.4 Å². The first-order valence-corrected chi connectivity index (χ1v) is 12.2. The molecule has 1 saturated heterocycles. The van der Waals surface area contributed by atoms with Crippen molar-refractivity contribution in [2.24, 2.45) is 0 Å². The van der Waals surface area contributed by atoms with Crippen LogP contribution in [0.15, 0.2) is 54.9 Å². The Morgan fingerprint density at radius 2 is 1.69 bits per heavy atom. The van der Waals surface area contributed by atoms with Crippen LogP contribution >= 0.6 is 0 Å². The molecule has 6 rings (SSSR count). The summed E-state index contributed by atoms with van der Waals surface area (Å²) >= 11 is 0. The molecule has 1 fully saturated rings. The Morgan fingerprint density at radius 1 is 0.914 bits per heavy atom. The van der Waals surface area contributed by atoms with Crippen LogP contribution in [-0.2, 0) is 16.1 Å². The van der Waals surface area contributed by atoms with Crippen LogP contribution < -0.4 is 10.1 Å². The third-order valence-corrected chi connectivity index (χ3v) is 7.22. The second kappa shape index (κ2) is 8.74. The van der Waals surface area contributed by atoms with Gasteiger partial charge in [0.15, 0.2) is 0 Å². The van der Waals surface area contributed by atoms with Crippen molar-refractivity contribution in [1.82, 2.24) is 19.8 Å². The number of rotatable bonds is 7. The van der Waals surface area contributed by atoms with E-state index in [4.69, 9.17) is 4.74 Å². The zero-order chi connectivity index (χ0) is 23.9. The van der Waals surface area contributed by atoms with Crippen molar-refractivity contribution in [3.05, 3.63) is 66.0 Å². The minimum Gasteiger partial charge on any atom is -0.497 e. The van der Waals surface area contributed by atoms with Gasteiger partial charge in [0.05, 0.1) is 18.3 Å². The Bertz CT molecular complexity index is 1490. The van der Waals surface area contributed by atoms with Gasteiger partial charge in [0.2, 0.25) is 0 Å². The molecule has 0 saturated carbocycles. The Kier molecular flexibility index (Phi) is 5.41. The maximum Gasteiger partial charge on any atom is 0.259 e. The third kappa shape index (κ3) is 3.72. The van der Waals surface area contributed by atoms with Gasteiger partial charge in [-0.1, -0.05) is 18.2 Å². The van der Waals surface area contributed by atoms with Crippen molar-refractivity contribution in [3.8, 4) is 5.75 Å².